The summed E-state index contributed by atoms with van der Waals surface area (Å²) in [7, 11) is 0. The van der Waals surface area contributed by atoms with E-state index < -0.39 is 17.6 Å². The number of imidazole rings is 1. The van der Waals surface area contributed by atoms with Crippen molar-refractivity contribution in [2.45, 2.75) is 51.0 Å². The molecule has 0 bridgehead atoms. The number of rotatable bonds is 9. The van der Waals surface area contributed by atoms with Gasteiger partial charge in [0.2, 0.25) is 5.88 Å². The molecule has 9 nitrogen and oxygen atoms in total. The normalized spacial score (nSPS) is 17.9. The number of likely N-dealkylation sites (tertiary alicyclic amines) is 1. The van der Waals surface area contributed by atoms with Gasteiger partial charge in [-0.1, -0.05) is 6.07 Å². The molecule has 1 unspecified atom stereocenters. The number of carbonyl (C=O) groups excluding carboxylic acids is 1. The van der Waals surface area contributed by atoms with Gasteiger partial charge in [-0.05, 0) is 74.7 Å². The first-order valence-corrected chi connectivity index (χ1v) is 13.7. The maximum atomic E-state index is 14.1. The second-order valence-corrected chi connectivity index (χ2v) is 10.5. The summed E-state index contributed by atoms with van der Waals surface area (Å²) >= 11 is 0. The monoisotopic (exact) mass is 563 g/mol. The number of ether oxygens (including phenoxy) is 2. The molecule has 214 valence electrons. The van der Waals surface area contributed by atoms with E-state index in [1.165, 1.54) is 12.1 Å². The van der Waals surface area contributed by atoms with E-state index in [0.717, 1.165) is 67.4 Å². The van der Waals surface area contributed by atoms with E-state index in [0.29, 0.717) is 24.5 Å². The van der Waals surface area contributed by atoms with E-state index in [9.17, 15) is 13.6 Å². The molecule has 1 atom stereocenters. The standard InChI is InChI=1S/C30H31F2N5O4/c31-22-5-3-21(25(32)15-22)18-40-29-24(2-1-10-34-29)19-7-11-36(12-8-19)17-28-35-26-6-4-20(30(38)41-33)14-27(26)37(28)16-23-9-13-39-23/h1-6,10,14-15,19,23H,7-9,11-13,16-18,33H2. The fourth-order valence-corrected chi connectivity index (χ4v) is 5.55. The van der Waals surface area contributed by atoms with Crippen LogP contribution in [0.1, 0.15) is 52.5 Å². The Bertz CT molecular complexity index is 1550. The number of nitrogens with zero attached hydrogens (tertiary/aromatic N) is 4. The molecule has 41 heavy (non-hydrogen) atoms. The summed E-state index contributed by atoms with van der Waals surface area (Å²) in [5, 5.41) is 0. The lowest BCUT2D eigenvalue weighted by atomic mass is 9.90. The van der Waals surface area contributed by atoms with Crippen LogP contribution in [0.25, 0.3) is 11.0 Å². The van der Waals surface area contributed by atoms with Crippen molar-refractivity contribution in [3.63, 3.8) is 0 Å². The zero-order valence-corrected chi connectivity index (χ0v) is 22.5. The van der Waals surface area contributed by atoms with Gasteiger partial charge in [0.15, 0.2) is 0 Å². The van der Waals surface area contributed by atoms with E-state index in [4.69, 9.17) is 20.4 Å². The third-order valence-corrected chi connectivity index (χ3v) is 7.92. The van der Waals surface area contributed by atoms with Crippen LogP contribution >= 0.6 is 0 Å². The molecular weight excluding hydrogens is 532 g/mol. The molecule has 4 heterocycles. The molecule has 2 aliphatic heterocycles. The van der Waals surface area contributed by atoms with Gasteiger partial charge in [-0.15, -0.1) is 0 Å². The third-order valence-electron chi connectivity index (χ3n) is 7.92. The largest absolute Gasteiger partial charge is 0.472 e. The Morgan fingerprint density at radius 2 is 1.93 bits per heavy atom. The van der Waals surface area contributed by atoms with Crippen molar-refractivity contribution in [1.29, 1.82) is 0 Å². The Labute approximate surface area is 235 Å². The van der Waals surface area contributed by atoms with Gasteiger partial charge < -0.3 is 18.9 Å². The van der Waals surface area contributed by atoms with Crippen molar-refractivity contribution in [2.75, 3.05) is 19.7 Å². The number of carbonyl (C=O) groups is 1. The molecule has 0 amide bonds. The van der Waals surface area contributed by atoms with Crippen molar-refractivity contribution in [1.82, 2.24) is 19.4 Å². The van der Waals surface area contributed by atoms with Gasteiger partial charge in [0, 0.05) is 30.0 Å². The maximum absolute atomic E-state index is 14.1. The molecule has 11 heteroatoms. The minimum Gasteiger partial charge on any atom is -0.472 e. The third kappa shape index (κ3) is 5.92. The summed E-state index contributed by atoms with van der Waals surface area (Å²) < 4.78 is 41.1. The minimum absolute atomic E-state index is 0.0272. The number of hydrogen-bond acceptors (Lipinski definition) is 8. The molecule has 2 fully saturated rings. The van der Waals surface area contributed by atoms with Crippen molar-refractivity contribution in [3.8, 4) is 5.88 Å². The minimum atomic E-state index is -0.638. The Kier molecular flexibility index (Phi) is 7.91. The number of benzene rings is 2. The molecule has 0 saturated carbocycles. The van der Waals surface area contributed by atoms with E-state index in [1.54, 1.807) is 18.3 Å². The van der Waals surface area contributed by atoms with Crippen LogP contribution in [0.5, 0.6) is 5.88 Å². The Morgan fingerprint density at radius 1 is 1.10 bits per heavy atom. The molecule has 0 radical (unpaired) electrons. The van der Waals surface area contributed by atoms with Gasteiger partial charge in [0.1, 0.15) is 24.1 Å². The quantitative estimate of drug-likeness (QED) is 0.297. The molecule has 6 rings (SSSR count). The fraction of sp³-hybridized carbons (Fsp3) is 0.367. The number of aromatic nitrogens is 3. The van der Waals surface area contributed by atoms with E-state index in [2.05, 4.69) is 19.3 Å². The van der Waals surface area contributed by atoms with Crippen molar-refractivity contribution >= 4 is 17.0 Å². The first kappa shape index (κ1) is 27.3. The lowest BCUT2D eigenvalue weighted by Gasteiger charge is -2.33. The second-order valence-electron chi connectivity index (χ2n) is 10.5. The molecule has 2 aromatic heterocycles. The number of nitrogens with two attached hydrogens (primary N) is 1. The van der Waals surface area contributed by atoms with Crippen LogP contribution in [0.15, 0.2) is 54.7 Å². The van der Waals surface area contributed by atoms with Gasteiger partial charge in [-0.3, -0.25) is 4.90 Å². The van der Waals surface area contributed by atoms with Crippen molar-refractivity contribution in [3.05, 3.63) is 88.9 Å². The Balaban J connectivity index is 1.14. The van der Waals surface area contributed by atoms with Gasteiger partial charge in [0.05, 0.1) is 35.8 Å². The average Bonchev–Trinajstić information content (AvgIpc) is 3.30. The summed E-state index contributed by atoms with van der Waals surface area (Å²) in [5.41, 5.74) is 3.30. The molecule has 0 aliphatic carbocycles. The van der Waals surface area contributed by atoms with Gasteiger partial charge >= 0.3 is 5.97 Å². The van der Waals surface area contributed by atoms with Crippen LogP contribution in [0.3, 0.4) is 0 Å². The van der Waals surface area contributed by atoms with Crippen LogP contribution in [-0.2, 0) is 29.3 Å². The molecule has 0 spiro atoms. The first-order valence-electron chi connectivity index (χ1n) is 13.7. The van der Waals surface area contributed by atoms with E-state index in [-0.39, 0.29) is 24.2 Å². The second kappa shape index (κ2) is 11.9. The number of pyridine rings is 1. The summed E-state index contributed by atoms with van der Waals surface area (Å²) in [4.78, 5) is 28.1. The summed E-state index contributed by atoms with van der Waals surface area (Å²) in [6.07, 6.45) is 4.55. The molecule has 4 aromatic rings. The highest BCUT2D eigenvalue weighted by Gasteiger charge is 2.27. The van der Waals surface area contributed by atoms with Crippen LogP contribution in [0.2, 0.25) is 0 Å². The number of hydrogen-bond donors (Lipinski definition) is 1. The molecule has 2 aliphatic rings. The molecule has 2 aromatic carbocycles. The van der Waals surface area contributed by atoms with Crippen LogP contribution in [-0.4, -0.2) is 51.2 Å². The van der Waals surface area contributed by atoms with Gasteiger partial charge in [-0.25, -0.2) is 23.5 Å². The van der Waals surface area contributed by atoms with Crippen LogP contribution in [0, 0.1) is 11.6 Å². The van der Waals surface area contributed by atoms with Crippen molar-refractivity contribution in [2.24, 2.45) is 5.90 Å². The zero-order valence-electron chi connectivity index (χ0n) is 22.5. The highest BCUT2D eigenvalue weighted by atomic mass is 19.1. The van der Waals surface area contributed by atoms with E-state index >= 15 is 0 Å². The van der Waals surface area contributed by atoms with E-state index in [1.807, 2.05) is 18.2 Å². The predicted molar refractivity (Wildman–Crippen MR) is 146 cm³/mol. The summed E-state index contributed by atoms with van der Waals surface area (Å²) in [6, 6.07) is 12.6. The average molecular weight is 564 g/mol. The summed E-state index contributed by atoms with van der Waals surface area (Å²) in [6.45, 7) is 3.74. The molecule has 2 N–H and O–H groups in total. The fourth-order valence-electron chi connectivity index (χ4n) is 5.55. The molecular formula is C30H31F2N5O4. The highest BCUT2D eigenvalue weighted by Crippen LogP contribution is 2.34. The van der Waals surface area contributed by atoms with Gasteiger partial charge in [-0.2, -0.15) is 5.90 Å². The summed E-state index contributed by atoms with van der Waals surface area (Å²) in [5.74, 6) is 4.88. The zero-order chi connectivity index (χ0) is 28.3. The maximum Gasteiger partial charge on any atom is 0.356 e. The highest BCUT2D eigenvalue weighted by molar-refractivity contribution is 5.93. The number of halogens is 2. The Hall–Kier alpha value is -3.93. The van der Waals surface area contributed by atoms with Gasteiger partial charge in [0.25, 0.3) is 0 Å². The van der Waals surface area contributed by atoms with Crippen LogP contribution in [0.4, 0.5) is 8.78 Å². The van der Waals surface area contributed by atoms with Crippen molar-refractivity contribution < 1.29 is 27.9 Å². The number of piperidine rings is 1. The molecule has 2 saturated heterocycles. The lowest BCUT2D eigenvalue weighted by Crippen LogP contribution is -2.35. The SMILES string of the molecule is NOC(=O)c1ccc2nc(CN3CCC(c4cccnc4OCc4ccc(F)cc4F)CC3)n(CC3CCO3)c2c1. The lowest BCUT2D eigenvalue weighted by molar-refractivity contribution is -0.0592. The first-order chi connectivity index (χ1) is 20.0. The number of fused-ring (bicyclic) bond motifs is 1. The predicted octanol–water partition coefficient (Wildman–Crippen LogP) is 4.49. The van der Waals surface area contributed by atoms with Crippen LogP contribution < -0.4 is 10.6 Å². The topological polar surface area (TPSA) is 105 Å². The smallest absolute Gasteiger partial charge is 0.356 e. The Morgan fingerprint density at radius 3 is 2.66 bits per heavy atom.